The molecule has 0 aliphatic heterocycles. The fourth-order valence-corrected chi connectivity index (χ4v) is 3.92. The van der Waals surface area contributed by atoms with E-state index in [4.69, 9.17) is 4.74 Å². The maximum atomic E-state index is 12.8. The lowest BCUT2D eigenvalue weighted by atomic mass is 10.1. The van der Waals surface area contributed by atoms with Gasteiger partial charge in [0.25, 0.3) is 5.91 Å². The zero-order valence-corrected chi connectivity index (χ0v) is 20.0. The van der Waals surface area contributed by atoms with E-state index in [0.717, 1.165) is 18.4 Å². The first-order chi connectivity index (χ1) is 16.9. The maximum absolute atomic E-state index is 12.8. The second-order valence-corrected chi connectivity index (χ2v) is 9.67. The molecule has 4 rings (SSSR count). The predicted molar refractivity (Wildman–Crippen MR) is 138 cm³/mol. The molecule has 0 radical (unpaired) electrons. The summed E-state index contributed by atoms with van der Waals surface area (Å²) in [5.41, 5.74) is 3.55. The van der Waals surface area contributed by atoms with Crippen LogP contribution in [0.4, 0.5) is 11.5 Å². The van der Waals surface area contributed by atoms with E-state index in [9.17, 15) is 13.2 Å². The van der Waals surface area contributed by atoms with Crippen LogP contribution >= 0.6 is 0 Å². The second kappa shape index (κ2) is 10.8. The van der Waals surface area contributed by atoms with Gasteiger partial charge in [0.2, 0.25) is 10.0 Å². The Kier molecular flexibility index (Phi) is 7.42. The highest BCUT2D eigenvalue weighted by molar-refractivity contribution is 7.92. The summed E-state index contributed by atoms with van der Waals surface area (Å²) < 4.78 is 31.1. The molecule has 0 unspecified atom stereocenters. The highest BCUT2D eigenvalue weighted by Crippen LogP contribution is 2.22. The standard InChI is InChI=1S/C27H25N3O4S/c1-35(32,33)30-26-12-6-11-25(29-26)21-9-5-10-22(19-21)27(31)28-23-13-15-24(16-14-23)34-18-17-20-7-3-2-4-8-20/h2-16,19H,17-18H2,1H3,(H,28,31)(H,29,30). The molecule has 0 fully saturated rings. The summed E-state index contributed by atoms with van der Waals surface area (Å²) in [5.74, 6) is 0.676. The van der Waals surface area contributed by atoms with E-state index in [1.54, 1.807) is 48.5 Å². The summed E-state index contributed by atoms with van der Waals surface area (Å²) in [7, 11) is -3.44. The number of amides is 1. The van der Waals surface area contributed by atoms with Crippen LogP contribution in [0.2, 0.25) is 0 Å². The van der Waals surface area contributed by atoms with Crippen LogP contribution in [-0.2, 0) is 16.4 Å². The number of carbonyl (C=O) groups is 1. The summed E-state index contributed by atoms with van der Waals surface area (Å²) in [5, 5.41) is 2.88. The summed E-state index contributed by atoms with van der Waals surface area (Å²) in [6.45, 7) is 0.567. The van der Waals surface area contributed by atoms with Crippen LogP contribution in [0.5, 0.6) is 5.75 Å². The Balaban J connectivity index is 1.38. The number of hydrogen-bond donors (Lipinski definition) is 2. The number of carbonyl (C=O) groups excluding carboxylic acids is 1. The van der Waals surface area contributed by atoms with Crippen LogP contribution in [0.15, 0.2) is 97.1 Å². The third-order valence-electron chi connectivity index (χ3n) is 5.07. The van der Waals surface area contributed by atoms with Gasteiger partial charge >= 0.3 is 0 Å². The number of nitrogens with one attached hydrogen (secondary N) is 2. The van der Waals surface area contributed by atoms with Gasteiger partial charge in [-0.1, -0.05) is 48.5 Å². The number of aromatic nitrogens is 1. The highest BCUT2D eigenvalue weighted by Gasteiger charge is 2.10. The van der Waals surface area contributed by atoms with Crippen LogP contribution in [0, 0.1) is 0 Å². The number of rotatable bonds is 9. The largest absolute Gasteiger partial charge is 0.493 e. The average molecular weight is 488 g/mol. The molecule has 0 aliphatic rings. The van der Waals surface area contributed by atoms with Gasteiger partial charge in [-0.25, -0.2) is 13.4 Å². The minimum Gasteiger partial charge on any atom is -0.493 e. The minimum absolute atomic E-state index is 0.214. The van der Waals surface area contributed by atoms with Gasteiger partial charge in [-0.05, 0) is 54.1 Å². The molecule has 0 aliphatic carbocycles. The second-order valence-electron chi connectivity index (χ2n) is 7.93. The van der Waals surface area contributed by atoms with Crippen molar-refractivity contribution < 1.29 is 17.9 Å². The van der Waals surface area contributed by atoms with Crippen LogP contribution in [-0.4, -0.2) is 32.2 Å². The molecule has 178 valence electrons. The lowest BCUT2D eigenvalue weighted by Gasteiger charge is -2.10. The monoisotopic (exact) mass is 487 g/mol. The molecule has 4 aromatic rings. The molecule has 8 heteroatoms. The van der Waals surface area contributed by atoms with Crippen LogP contribution in [0.1, 0.15) is 15.9 Å². The summed E-state index contributed by atoms with van der Waals surface area (Å²) >= 11 is 0. The van der Waals surface area contributed by atoms with Gasteiger partial charge in [0.1, 0.15) is 11.6 Å². The highest BCUT2D eigenvalue weighted by atomic mass is 32.2. The number of sulfonamides is 1. The number of ether oxygens (including phenoxy) is 1. The van der Waals surface area contributed by atoms with Gasteiger partial charge in [0.15, 0.2) is 0 Å². The molecular formula is C27H25N3O4S. The summed E-state index contributed by atoms with van der Waals surface area (Å²) in [6.07, 6.45) is 1.88. The molecule has 1 heterocycles. The summed E-state index contributed by atoms with van der Waals surface area (Å²) in [4.78, 5) is 17.1. The van der Waals surface area contributed by atoms with Gasteiger partial charge in [0.05, 0.1) is 18.6 Å². The number of benzene rings is 3. The van der Waals surface area contributed by atoms with Crippen LogP contribution in [0.3, 0.4) is 0 Å². The molecule has 2 N–H and O–H groups in total. The van der Waals surface area contributed by atoms with Crippen molar-refractivity contribution in [3.63, 3.8) is 0 Å². The molecule has 1 aromatic heterocycles. The SMILES string of the molecule is CS(=O)(=O)Nc1cccc(-c2cccc(C(=O)Nc3ccc(OCCc4ccccc4)cc3)c2)n1. The Labute approximate surface area is 204 Å². The summed E-state index contributed by atoms with van der Waals surface area (Å²) in [6, 6.07) is 29.4. The third-order valence-corrected chi connectivity index (χ3v) is 5.65. The maximum Gasteiger partial charge on any atom is 0.255 e. The Morgan fingerprint density at radius 3 is 2.37 bits per heavy atom. The van der Waals surface area contributed by atoms with Crippen molar-refractivity contribution in [2.45, 2.75) is 6.42 Å². The smallest absolute Gasteiger partial charge is 0.255 e. The topological polar surface area (TPSA) is 97.4 Å². The average Bonchev–Trinajstić information content (AvgIpc) is 2.85. The molecular weight excluding hydrogens is 462 g/mol. The number of hydrogen-bond acceptors (Lipinski definition) is 5. The van der Waals surface area contributed by atoms with Crippen LogP contribution < -0.4 is 14.8 Å². The molecule has 0 bridgehead atoms. The third kappa shape index (κ3) is 7.15. The first kappa shape index (κ1) is 24.0. The molecule has 1 amide bonds. The van der Waals surface area contributed by atoms with Gasteiger partial charge in [0, 0.05) is 23.2 Å². The fraction of sp³-hybridized carbons (Fsp3) is 0.111. The van der Waals surface area contributed by atoms with Crippen molar-refractivity contribution in [1.82, 2.24) is 4.98 Å². The molecule has 3 aromatic carbocycles. The van der Waals surface area contributed by atoms with Gasteiger partial charge < -0.3 is 10.1 Å². The van der Waals surface area contributed by atoms with E-state index in [1.807, 2.05) is 36.4 Å². The van der Waals surface area contributed by atoms with Crippen molar-refractivity contribution >= 4 is 27.4 Å². The normalized spacial score (nSPS) is 11.0. The van der Waals surface area contributed by atoms with E-state index < -0.39 is 10.0 Å². The Bertz CT molecular complexity index is 1410. The van der Waals surface area contributed by atoms with Crippen molar-refractivity contribution in [1.29, 1.82) is 0 Å². The lowest BCUT2D eigenvalue weighted by molar-refractivity contribution is 0.102. The van der Waals surface area contributed by atoms with Crippen molar-refractivity contribution in [2.75, 3.05) is 22.9 Å². The van der Waals surface area contributed by atoms with Crippen molar-refractivity contribution in [3.8, 4) is 17.0 Å². The fourth-order valence-electron chi connectivity index (χ4n) is 3.43. The molecule has 0 saturated carbocycles. The van der Waals surface area contributed by atoms with Crippen molar-refractivity contribution in [2.24, 2.45) is 0 Å². The lowest BCUT2D eigenvalue weighted by Crippen LogP contribution is -2.12. The molecule has 0 atom stereocenters. The quantitative estimate of drug-likeness (QED) is 0.347. The first-order valence-corrected chi connectivity index (χ1v) is 12.9. The Hall–Kier alpha value is -4.17. The van der Waals surface area contributed by atoms with Gasteiger partial charge in [-0.2, -0.15) is 0 Å². The number of nitrogens with zero attached hydrogens (tertiary/aromatic N) is 1. The molecule has 35 heavy (non-hydrogen) atoms. The molecule has 0 saturated heterocycles. The number of anilines is 2. The zero-order valence-electron chi connectivity index (χ0n) is 19.1. The van der Waals surface area contributed by atoms with E-state index in [-0.39, 0.29) is 11.7 Å². The Morgan fingerprint density at radius 2 is 1.63 bits per heavy atom. The minimum atomic E-state index is -3.44. The number of pyridine rings is 1. The predicted octanol–water partition coefficient (Wildman–Crippen LogP) is 4.99. The molecule has 0 spiro atoms. The Morgan fingerprint density at radius 1 is 0.886 bits per heavy atom. The van der Waals surface area contributed by atoms with Crippen molar-refractivity contribution in [3.05, 3.63) is 108 Å². The molecule has 7 nitrogen and oxygen atoms in total. The van der Waals surface area contributed by atoms with E-state index in [0.29, 0.717) is 29.1 Å². The first-order valence-electron chi connectivity index (χ1n) is 11.0. The van der Waals surface area contributed by atoms with Gasteiger partial charge in [-0.15, -0.1) is 0 Å². The van der Waals surface area contributed by atoms with E-state index >= 15 is 0 Å². The van der Waals surface area contributed by atoms with E-state index in [2.05, 4.69) is 27.2 Å². The van der Waals surface area contributed by atoms with E-state index in [1.165, 1.54) is 5.56 Å². The van der Waals surface area contributed by atoms with Gasteiger partial charge in [-0.3, -0.25) is 9.52 Å². The zero-order chi connectivity index (χ0) is 24.7. The van der Waals surface area contributed by atoms with Crippen LogP contribution in [0.25, 0.3) is 11.3 Å².